The molecule has 16 heavy (non-hydrogen) atoms. The van der Waals surface area contributed by atoms with Gasteiger partial charge in [-0.15, -0.1) is 0 Å². The number of nitrogens with two attached hydrogens (primary N) is 1. The largest absolute Gasteiger partial charge is 0.330 e. The summed E-state index contributed by atoms with van der Waals surface area (Å²) in [7, 11) is -3.05. The second-order valence-corrected chi connectivity index (χ2v) is 6.93. The summed E-state index contributed by atoms with van der Waals surface area (Å²) < 4.78 is 25.8. The van der Waals surface area contributed by atoms with E-state index < -0.39 is 10.0 Å². The second-order valence-electron chi connectivity index (χ2n) is 4.92. The van der Waals surface area contributed by atoms with Crippen molar-refractivity contribution < 1.29 is 8.42 Å². The molecule has 0 bridgehead atoms. The van der Waals surface area contributed by atoms with E-state index in [0.29, 0.717) is 25.6 Å². The first-order chi connectivity index (χ1) is 7.49. The average molecular weight is 248 g/mol. The summed E-state index contributed by atoms with van der Waals surface area (Å²) >= 11 is 0. The molecule has 2 unspecified atom stereocenters. The Bertz CT molecular complexity index is 303. The van der Waals surface area contributed by atoms with Crippen molar-refractivity contribution in [2.24, 2.45) is 17.6 Å². The Morgan fingerprint density at radius 1 is 1.50 bits per heavy atom. The van der Waals surface area contributed by atoms with Gasteiger partial charge >= 0.3 is 0 Å². The Morgan fingerprint density at radius 2 is 2.19 bits per heavy atom. The SMILES string of the molecule is CCCC(C)CS(=O)(=O)N1CCC(CN)C1. The molecule has 0 radical (unpaired) electrons. The standard InChI is InChI=1S/C11H24N2O2S/c1-3-4-10(2)9-16(14,15)13-6-5-11(7-12)8-13/h10-11H,3-9,12H2,1-2H3. The monoisotopic (exact) mass is 248 g/mol. The first kappa shape index (κ1) is 13.9. The molecule has 1 heterocycles. The lowest BCUT2D eigenvalue weighted by Crippen LogP contribution is -2.33. The molecule has 1 aliphatic rings. The maximum absolute atomic E-state index is 12.1. The predicted octanol–water partition coefficient (Wildman–Crippen LogP) is 1.03. The van der Waals surface area contributed by atoms with Gasteiger partial charge in [0.1, 0.15) is 0 Å². The zero-order valence-electron chi connectivity index (χ0n) is 10.4. The Labute approximate surface area is 99.2 Å². The summed E-state index contributed by atoms with van der Waals surface area (Å²) in [5, 5.41) is 0. The summed E-state index contributed by atoms with van der Waals surface area (Å²) in [6.45, 7) is 5.97. The van der Waals surface area contributed by atoms with Crippen LogP contribution in [0.2, 0.25) is 0 Å². The lowest BCUT2D eigenvalue weighted by Gasteiger charge is -2.19. The maximum atomic E-state index is 12.1. The van der Waals surface area contributed by atoms with Gasteiger partial charge in [-0.3, -0.25) is 0 Å². The van der Waals surface area contributed by atoms with Crippen molar-refractivity contribution in [2.45, 2.75) is 33.1 Å². The fourth-order valence-corrected chi connectivity index (χ4v) is 4.20. The maximum Gasteiger partial charge on any atom is 0.214 e. The summed E-state index contributed by atoms with van der Waals surface area (Å²) in [6, 6.07) is 0. The van der Waals surface area contributed by atoms with E-state index in [-0.39, 0.29) is 11.7 Å². The fraction of sp³-hybridized carbons (Fsp3) is 1.00. The number of rotatable bonds is 6. The summed E-state index contributed by atoms with van der Waals surface area (Å²) in [4.78, 5) is 0. The normalized spacial score (nSPS) is 24.8. The summed E-state index contributed by atoms with van der Waals surface area (Å²) in [6.07, 6.45) is 2.94. The molecule has 0 aromatic rings. The van der Waals surface area contributed by atoms with Gasteiger partial charge in [-0.05, 0) is 31.2 Å². The lowest BCUT2D eigenvalue weighted by molar-refractivity contribution is 0.446. The van der Waals surface area contributed by atoms with Crippen LogP contribution in [0.25, 0.3) is 0 Å². The third-order valence-corrected chi connectivity index (χ3v) is 5.36. The molecule has 0 spiro atoms. The van der Waals surface area contributed by atoms with E-state index in [9.17, 15) is 8.42 Å². The van der Waals surface area contributed by atoms with E-state index in [4.69, 9.17) is 5.73 Å². The van der Waals surface area contributed by atoms with Crippen molar-refractivity contribution in [3.05, 3.63) is 0 Å². The Hall–Kier alpha value is -0.130. The van der Waals surface area contributed by atoms with Crippen molar-refractivity contribution in [2.75, 3.05) is 25.4 Å². The molecule has 4 nitrogen and oxygen atoms in total. The van der Waals surface area contributed by atoms with Crippen molar-refractivity contribution >= 4 is 10.0 Å². The van der Waals surface area contributed by atoms with Gasteiger partial charge in [0, 0.05) is 13.1 Å². The molecule has 0 amide bonds. The molecule has 1 fully saturated rings. The van der Waals surface area contributed by atoms with Crippen LogP contribution in [0.1, 0.15) is 33.1 Å². The Morgan fingerprint density at radius 3 is 2.69 bits per heavy atom. The van der Waals surface area contributed by atoms with Gasteiger partial charge in [0.25, 0.3) is 0 Å². The molecule has 0 saturated carbocycles. The molecular formula is C11H24N2O2S. The number of hydrogen-bond donors (Lipinski definition) is 1. The van der Waals surface area contributed by atoms with Crippen molar-refractivity contribution in [1.29, 1.82) is 0 Å². The molecule has 2 atom stereocenters. The quantitative estimate of drug-likeness (QED) is 0.763. The average Bonchev–Trinajstić information content (AvgIpc) is 2.65. The van der Waals surface area contributed by atoms with Crippen LogP contribution in [0.3, 0.4) is 0 Å². The van der Waals surface area contributed by atoms with Crippen LogP contribution in [0.15, 0.2) is 0 Å². The molecule has 1 aliphatic heterocycles. The van der Waals surface area contributed by atoms with E-state index in [1.807, 2.05) is 6.92 Å². The highest BCUT2D eigenvalue weighted by molar-refractivity contribution is 7.89. The smallest absolute Gasteiger partial charge is 0.214 e. The Balaban J connectivity index is 2.51. The molecule has 1 saturated heterocycles. The molecule has 96 valence electrons. The number of nitrogens with zero attached hydrogens (tertiary/aromatic N) is 1. The van der Waals surface area contributed by atoms with Crippen molar-refractivity contribution in [3.63, 3.8) is 0 Å². The fourth-order valence-electron chi connectivity index (χ4n) is 2.28. The van der Waals surface area contributed by atoms with Crippen LogP contribution in [0.5, 0.6) is 0 Å². The van der Waals surface area contributed by atoms with Gasteiger partial charge in [0.05, 0.1) is 5.75 Å². The highest BCUT2D eigenvalue weighted by atomic mass is 32.2. The second kappa shape index (κ2) is 5.98. The van der Waals surface area contributed by atoms with E-state index in [1.54, 1.807) is 4.31 Å². The van der Waals surface area contributed by atoms with Crippen molar-refractivity contribution in [3.8, 4) is 0 Å². The molecule has 1 rings (SSSR count). The predicted molar refractivity (Wildman–Crippen MR) is 66.6 cm³/mol. The van der Waals surface area contributed by atoms with Gasteiger partial charge in [-0.25, -0.2) is 12.7 Å². The van der Waals surface area contributed by atoms with Crippen LogP contribution >= 0.6 is 0 Å². The first-order valence-electron chi connectivity index (χ1n) is 6.17. The zero-order valence-corrected chi connectivity index (χ0v) is 11.2. The molecular weight excluding hydrogens is 224 g/mol. The molecule has 0 aromatic heterocycles. The molecule has 5 heteroatoms. The van der Waals surface area contributed by atoms with Crippen LogP contribution < -0.4 is 5.73 Å². The van der Waals surface area contributed by atoms with Crippen LogP contribution in [0, 0.1) is 11.8 Å². The number of sulfonamides is 1. The van der Waals surface area contributed by atoms with Crippen molar-refractivity contribution in [1.82, 2.24) is 4.31 Å². The van der Waals surface area contributed by atoms with Gasteiger partial charge in [-0.2, -0.15) is 0 Å². The molecule has 0 aromatic carbocycles. The molecule has 0 aliphatic carbocycles. The molecule has 2 N–H and O–H groups in total. The minimum atomic E-state index is -3.05. The van der Waals surface area contributed by atoms with Crippen LogP contribution in [-0.2, 0) is 10.0 Å². The number of hydrogen-bond acceptors (Lipinski definition) is 3. The van der Waals surface area contributed by atoms with E-state index in [2.05, 4.69) is 6.92 Å². The Kier molecular flexibility index (Phi) is 5.21. The summed E-state index contributed by atoms with van der Waals surface area (Å²) in [5.74, 6) is 0.904. The summed E-state index contributed by atoms with van der Waals surface area (Å²) in [5.41, 5.74) is 5.57. The third kappa shape index (κ3) is 3.71. The highest BCUT2D eigenvalue weighted by Crippen LogP contribution is 2.21. The van der Waals surface area contributed by atoms with Gasteiger partial charge in [0.15, 0.2) is 0 Å². The van der Waals surface area contributed by atoms with Gasteiger partial charge < -0.3 is 5.73 Å². The minimum Gasteiger partial charge on any atom is -0.330 e. The first-order valence-corrected chi connectivity index (χ1v) is 7.78. The zero-order chi connectivity index (χ0) is 12.2. The minimum absolute atomic E-state index is 0.256. The third-order valence-electron chi connectivity index (χ3n) is 3.25. The van der Waals surface area contributed by atoms with Crippen LogP contribution in [0.4, 0.5) is 0 Å². The van der Waals surface area contributed by atoms with Gasteiger partial charge in [0.2, 0.25) is 10.0 Å². The lowest BCUT2D eigenvalue weighted by atomic mass is 10.1. The van der Waals surface area contributed by atoms with E-state index in [1.165, 1.54) is 0 Å². The van der Waals surface area contributed by atoms with E-state index >= 15 is 0 Å². The van der Waals surface area contributed by atoms with E-state index in [0.717, 1.165) is 19.3 Å². The van der Waals surface area contributed by atoms with Gasteiger partial charge in [-0.1, -0.05) is 20.3 Å². The van der Waals surface area contributed by atoms with Crippen LogP contribution in [-0.4, -0.2) is 38.1 Å². The highest BCUT2D eigenvalue weighted by Gasteiger charge is 2.31. The topological polar surface area (TPSA) is 63.4 Å².